The first-order valence-corrected chi connectivity index (χ1v) is 7.61. The monoisotopic (exact) mass is 176 g/mol. The third-order valence-corrected chi connectivity index (χ3v) is 6.89. The Kier molecular flexibility index (Phi) is 1.65. The van der Waals surface area contributed by atoms with Crippen molar-refractivity contribution < 1.29 is 0 Å². The summed E-state index contributed by atoms with van der Waals surface area (Å²) in [6.07, 6.45) is 0. The standard InChI is InChI=1S/C11H16Si/c1-9-4-5-11(10(2)8-9)12(3)6-7-12/h4-5,8H,6-7H2,1-3H3. The fourth-order valence-corrected chi connectivity index (χ4v) is 5.50. The molecule has 1 fully saturated rings. The first-order valence-electron chi connectivity index (χ1n) is 4.70. The van der Waals surface area contributed by atoms with E-state index in [1.807, 2.05) is 0 Å². The Morgan fingerprint density at radius 1 is 1.17 bits per heavy atom. The van der Waals surface area contributed by atoms with E-state index in [2.05, 4.69) is 38.6 Å². The molecule has 1 aliphatic rings. The van der Waals surface area contributed by atoms with Crippen LogP contribution in [0.15, 0.2) is 18.2 Å². The van der Waals surface area contributed by atoms with E-state index in [4.69, 9.17) is 0 Å². The third kappa shape index (κ3) is 1.22. The van der Waals surface area contributed by atoms with E-state index < -0.39 is 8.07 Å². The molecular formula is C11H16Si. The molecule has 1 heterocycles. The normalized spacial score (nSPS) is 19.2. The minimum atomic E-state index is -0.851. The molecule has 0 unspecified atom stereocenters. The van der Waals surface area contributed by atoms with Crippen LogP contribution in [0.1, 0.15) is 11.1 Å². The minimum Gasteiger partial charge on any atom is -0.0652 e. The number of benzene rings is 1. The van der Waals surface area contributed by atoms with Crippen molar-refractivity contribution in [2.75, 3.05) is 0 Å². The highest BCUT2D eigenvalue weighted by molar-refractivity contribution is 6.99. The van der Waals surface area contributed by atoms with Gasteiger partial charge in [0.05, 0.1) is 8.07 Å². The molecule has 1 aliphatic heterocycles. The van der Waals surface area contributed by atoms with Gasteiger partial charge >= 0.3 is 0 Å². The van der Waals surface area contributed by atoms with Crippen molar-refractivity contribution in [3.05, 3.63) is 29.3 Å². The van der Waals surface area contributed by atoms with Gasteiger partial charge in [-0.25, -0.2) is 0 Å². The SMILES string of the molecule is Cc1ccc([Si]2(C)CC2)c(C)c1. The average Bonchev–Trinajstić information content (AvgIpc) is 2.68. The largest absolute Gasteiger partial charge is 0.0834 e. The smallest absolute Gasteiger partial charge is 0.0652 e. The summed E-state index contributed by atoms with van der Waals surface area (Å²) in [5, 5.41) is 1.70. The maximum Gasteiger partial charge on any atom is 0.0834 e. The van der Waals surface area contributed by atoms with Crippen molar-refractivity contribution in [2.24, 2.45) is 0 Å². The molecule has 1 heteroatoms. The van der Waals surface area contributed by atoms with Gasteiger partial charge in [0.2, 0.25) is 0 Å². The Morgan fingerprint density at radius 2 is 1.83 bits per heavy atom. The van der Waals surface area contributed by atoms with Gasteiger partial charge in [-0.05, 0) is 13.8 Å². The molecule has 0 nitrogen and oxygen atoms in total. The summed E-state index contributed by atoms with van der Waals surface area (Å²) in [6.45, 7) is 6.94. The molecule has 0 N–H and O–H groups in total. The van der Waals surface area contributed by atoms with Crippen LogP contribution >= 0.6 is 0 Å². The number of aryl methyl sites for hydroxylation is 2. The Bertz CT molecular complexity index is 311. The summed E-state index contributed by atoms with van der Waals surface area (Å²) in [7, 11) is -0.851. The number of rotatable bonds is 1. The van der Waals surface area contributed by atoms with Crippen molar-refractivity contribution in [1.29, 1.82) is 0 Å². The first-order chi connectivity index (χ1) is 5.62. The third-order valence-electron chi connectivity index (χ3n) is 3.03. The van der Waals surface area contributed by atoms with Crippen molar-refractivity contribution in [3.63, 3.8) is 0 Å². The predicted molar refractivity (Wildman–Crippen MR) is 56.8 cm³/mol. The van der Waals surface area contributed by atoms with Crippen molar-refractivity contribution in [2.45, 2.75) is 32.5 Å². The lowest BCUT2D eigenvalue weighted by Gasteiger charge is -2.11. The van der Waals surface area contributed by atoms with E-state index >= 15 is 0 Å². The second kappa shape index (κ2) is 2.46. The van der Waals surface area contributed by atoms with Gasteiger partial charge in [-0.1, -0.05) is 53.1 Å². The lowest BCUT2D eigenvalue weighted by molar-refractivity contribution is 1.41. The lowest BCUT2D eigenvalue weighted by atomic mass is 10.2. The molecule has 1 aromatic carbocycles. The van der Waals surface area contributed by atoms with Gasteiger partial charge < -0.3 is 0 Å². The second-order valence-corrected chi connectivity index (χ2v) is 9.04. The van der Waals surface area contributed by atoms with Crippen LogP contribution in [0.3, 0.4) is 0 Å². The maximum absolute atomic E-state index is 2.50. The second-order valence-electron chi connectivity index (χ2n) is 4.38. The fourth-order valence-electron chi connectivity index (χ4n) is 1.95. The van der Waals surface area contributed by atoms with Crippen LogP contribution in [-0.2, 0) is 0 Å². The van der Waals surface area contributed by atoms with E-state index in [-0.39, 0.29) is 0 Å². The van der Waals surface area contributed by atoms with Crippen LogP contribution in [0.25, 0.3) is 0 Å². The van der Waals surface area contributed by atoms with Crippen LogP contribution in [-0.4, -0.2) is 8.07 Å². The van der Waals surface area contributed by atoms with Gasteiger partial charge in [0, 0.05) is 0 Å². The molecule has 0 atom stereocenters. The van der Waals surface area contributed by atoms with Crippen molar-refractivity contribution in [3.8, 4) is 0 Å². The molecule has 0 radical (unpaired) electrons. The highest BCUT2D eigenvalue weighted by Crippen LogP contribution is 2.35. The summed E-state index contributed by atoms with van der Waals surface area (Å²) in [5.74, 6) is 0. The molecule has 0 amide bonds. The van der Waals surface area contributed by atoms with E-state index in [1.165, 1.54) is 23.2 Å². The van der Waals surface area contributed by atoms with Gasteiger partial charge in [0.25, 0.3) is 0 Å². The zero-order valence-electron chi connectivity index (χ0n) is 8.15. The summed E-state index contributed by atoms with van der Waals surface area (Å²) >= 11 is 0. The van der Waals surface area contributed by atoms with E-state index in [0.29, 0.717) is 0 Å². The molecule has 0 aliphatic carbocycles. The van der Waals surface area contributed by atoms with Crippen LogP contribution in [0.2, 0.25) is 18.6 Å². The Hall–Kier alpha value is -0.563. The van der Waals surface area contributed by atoms with Gasteiger partial charge in [-0.2, -0.15) is 0 Å². The molecule has 0 aromatic heterocycles. The van der Waals surface area contributed by atoms with Crippen LogP contribution in [0.4, 0.5) is 0 Å². The molecule has 1 saturated heterocycles. The summed E-state index contributed by atoms with van der Waals surface area (Å²) in [5.41, 5.74) is 2.93. The van der Waals surface area contributed by atoms with Crippen LogP contribution < -0.4 is 5.19 Å². The Balaban J connectivity index is 2.45. The average molecular weight is 176 g/mol. The lowest BCUT2D eigenvalue weighted by Crippen LogP contribution is -2.30. The molecule has 64 valence electrons. The molecule has 1 aromatic rings. The van der Waals surface area contributed by atoms with Crippen molar-refractivity contribution in [1.82, 2.24) is 0 Å². The maximum atomic E-state index is 2.50. The molecular weight excluding hydrogens is 160 g/mol. The minimum absolute atomic E-state index is 0.851. The van der Waals surface area contributed by atoms with Crippen molar-refractivity contribution >= 4 is 13.3 Å². The Labute approximate surface area is 75.6 Å². The van der Waals surface area contributed by atoms with Gasteiger partial charge in [-0.3, -0.25) is 0 Å². The quantitative estimate of drug-likeness (QED) is 0.577. The van der Waals surface area contributed by atoms with Gasteiger partial charge in [-0.15, -0.1) is 0 Å². The van der Waals surface area contributed by atoms with Crippen LogP contribution in [0.5, 0.6) is 0 Å². The predicted octanol–water partition coefficient (Wildman–Crippen LogP) is 2.60. The molecule has 0 spiro atoms. The highest BCUT2D eigenvalue weighted by Gasteiger charge is 2.42. The molecule has 2 rings (SSSR count). The van der Waals surface area contributed by atoms with E-state index in [9.17, 15) is 0 Å². The summed E-state index contributed by atoms with van der Waals surface area (Å²) < 4.78 is 0. The number of hydrogen-bond acceptors (Lipinski definition) is 0. The zero-order chi connectivity index (χ0) is 8.77. The molecule has 0 bridgehead atoms. The van der Waals surface area contributed by atoms with E-state index in [1.54, 1.807) is 5.19 Å². The van der Waals surface area contributed by atoms with Crippen LogP contribution in [0, 0.1) is 13.8 Å². The first kappa shape index (κ1) is 8.05. The molecule has 0 saturated carbocycles. The highest BCUT2D eigenvalue weighted by atomic mass is 28.3. The zero-order valence-corrected chi connectivity index (χ0v) is 9.15. The van der Waals surface area contributed by atoms with E-state index in [0.717, 1.165) is 0 Å². The fraction of sp³-hybridized carbons (Fsp3) is 0.455. The summed E-state index contributed by atoms with van der Waals surface area (Å²) in [6, 6.07) is 9.97. The topological polar surface area (TPSA) is 0 Å². The van der Waals surface area contributed by atoms with Gasteiger partial charge in [0.1, 0.15) is 0 Å². The summed E-state index contributed by atoms with van der Waals surface area (Å²) in [4.78, 5) is 0. The number of hydrogen-bond donors (Lipinski definition) is 0. The van der Waals surface area contributed by atoms with Gasteiger partial charge in [0.15, 0.2) is 0 Å². The Morgan fingerprint density at radius 3 is 2.33 bits per heavy atom. The molecule has 12 heavy (non-hydrogen) atoms.